The molecule has 0 saturated carbocycles. The third-order valence-corrected chi connectivity index (χ3v) is 7.78. The molecule has 1 N–H and O–H groups in total. The van der Waals surface area contributed by atoms with E-state index in [1.807, 2.05) is 0 Å². The zero-order valence-electron chi connectivity index (χ0n) is 11.7. The Kier molecular flexibility index (Phi) is 6.12. The van der Waals surface area contributed by atoms with E-state index in [4.69, 9.17) is 0 Å². The molecule has 1 aliphatic heterocycles. The minimum atomic E-state index is 0.557. The van der Waals surface area contributed by atoms with Gasteiger partial charge in [-0.15, -0.1) is 0 Å². The fraction of sp³-hybridized carbons (Fsp3) is 0.600. The molecule has 106 valence electrons. The van der Waals surface area contributed by atoms with Crippen LogP contribution in [0.5, 0.6) is 0 Å². The van der Waals surface area contributed by atoms with Crippen LogP contribution in [0.2, 0.25) is 0 Å². The van der Waals surface area contributed by atoms with Crippen LogP contribution < -0.4 is 5.32 Å². The largest absolute Gasteiger partial charge is 0.316 e. The van der Waals surface area contributed by atoms with Gasteiger partial charge in [0.2, 0.25) is 0 Å². The van der Waals surface area contributed by atoms with Crippen molar-refractivity contribution < 1.29 is 0 Å². The van der Waals surface area contributed by atoms with E-state index in [2.05, 4.69) is 89.9 Å². The van der Waals surface area contributed by atoms with Crippen molar-refractivity contribution in [2.45, 2.75) is 42.1 Å². The van der Waals surface area contributed by atoms with Crippen LogP contribution in [0.25, 0.3) is 0 Å². The molecule has 19 heavy (non-hydrogen) atoms. The van der Waals surface area contributed by atoms with Gasteiger partial charge in [0.1, 0.15) is 0 Å². The molecule has 2 rings (SSSR count). The van der Waals surface area contributed by atoms with E-state index in [-0.39, 0.29) is 0 Å². The van der Waals surface area contributed by atoms with Crippen LogP contribution in [-0.2, 0) is 6.42 Å². The lowest BCUT2D eigenvalue weighted by molar-refractivity contribution is 0.554. The minimum absolute atomic E-state index is 0.557. The van der Waals surface area contributed by atoms with Gasteiger partial charge in [-0.05, 0) is 31.2 Å². The number of nitrogens with one attached hydrogen (secondary N) is 1. The van der Waals surface area contributed by atoms with E-state index in [0.717, 1.165) is 16.9 Å². The van der Waals surface area contributed by atoms with Crippen molar-refractivity contribution in [3.8, 4) is 0 Å². The van der Waals surface area contributed by atoms with E-state index >= 15 is 0 Å². The van der Waals surface area contributed by atoms with E-state index in [9.17, 15) is 0 Å². The maximum atomic E-state index is 3.56. The zero-order chi connectivity index (χ0) is 13.8. The van der Waals surface area contributed by atoms with Crippen LogP contribution in [-0.4, -0.2) is 34.6 Å². The molecule has 0 amide bonds. The smallest absolute Gasteiger partial charge is 0.0298 e. The second-order valence-corrected chi connectivity index (χ2v) is 9.09. The molecule has 0 bridgehead atoms. The number of hydrogen-bond donors (Lipinski definition) is 1. The van der Waals surface area contributed by atoms with Crippen LogP contribution in [0.3, 0.4) is 0 Å². The highest BCUT2D eigenvalue weighted by Gasteiger charge is 2.30. The van der Waals surface area contributed by atoms with E-state index in [1.165, 1.54) is 15.8 Å². The Balaban J connectivity index is 2.00. The molecule has 0 radical (unpaired) electrons. The number of likely N-dealkylation sites (N-methyl/N-ethyl adjacent to an activating group) is 1. The van der Waals surface area contributed by atoms with Gasteiger partial charge in [0, 0.05) is 32.0 Å². The van der Waals surface area contributed by atoms with Gasteiger partial charge in [-0.3, -0.25) is 0 Å². The number of rotatable bonds is 4. The SMILES string of the molecule is CNC(Cc1cccc(Br)c1)C1CSC(C)C(C)S1. The summed E-state index contributed by atoms with van der Waals surface area (Å²) in [5.41, 5.74) is 1.41. The molecule has 4 unspecified atom stereocenters. The first-order valence-electron chi connectivity index (χ1n) is 6.79. The van der Waals surface area contributed by atoms with Crippen molar-refractivity contribution in [1.29, 1.82) is 0 Å². The third kappa shape index (κ3) is 4.42. The second kappa shape index (κ2) is 7.39. The summed E-state index contributed by atoms with van der Waals surface area (Å²) >= 11 is 7.83. The van der Waals surface area contributed by atoms with Crippen molar-refractivity contribution in [1.82, 2.24) is 5.32 Å². The standard InChI is InChI=1S/C15H22BrNS2/c1-10-11(2)19-15(9-18-10)14(17-3)8-12-5-4-6-13(16)7-12/h4-7,10-11,14-15,17H,8-9H2,1-3H3. The molecule has 4 atom stereocenters. The molecule has 1 aromatic carbocycles. The first kappa shape index (κ1) is 15.7. The summed E-state index contributed by atoms with van der Waals surface area (Å²) in [4.78, 5) is 0. The lowest BCUT2D eigenvalue weighted by atomic mass is 10.0. The van der Waals surface area contributed by atoms with Gasteiger partial charge in [0.15, 0.2) is 0 Å². The average molecular weight is 360 g/mol. The van der Waals surface area contributed by atoms with Gasteiger partial charge >= 0.3 is 0 Å². The molecular weight excluding hydrogens is 338 g/mol. The monoisotopic (exact) mass is 359 g/mol. The fourth-order valence-electron chi connectivity index (χ4n) is 2.36. The summed E-state index contributed by atoms with van der Waals surface area (Å²) in [6, 6.07) is 9.23. The summed E-state index contributed by atoms with van der Waals surface area (Å²) in [6.45, 7) is 4.71. The summed E-state index contributed by atoms with van der Waals surface area (Å²) in [6.07, 6.45) is 1.11. The summed E-state index contributed by atoms with van der Waals surface area (Å²) in [5.74, 6) is 1.26. The van der Waals surface area contributed by atoms with Gasteiger partial charge in [0.25, 0.3) is 0 Å². The van der Waals surface area contributed by atoms with Crippen LogP contribution >= 0.6 is 39.5 Å². The van der Waals surface area contributed by atoms with E-state index in [0.29, 0.717) is 11.3 Å². The molecule has 1 nitrogen and oxygen atoms in total. The first-order valence-corrected chi connectivity index (χ1v) is 9.57. The van der Waals surface area contributed by atoms with Gasteiger partial charge in [-0.1, -0.05) is 41.9 Å². The Bertz CT molecular complexity index is 413. The quantitative estimate of drug-likeness (QED) is 0.864. The molecule has 1 fully saturated rings. The van der Waals surface area contributed by atoms with Crippen molar-refractivity contribution in [3.63, 3.8) is 0 Å². The van der Waals surface area contributed by atoms with Crippen molar-refractivity contribution in [2.75, 3.05) is 12.8 Å². The van der Waals surface area contributed by atoms with Crippen molar-refractivity contribution in [3.05, 3.63) is 34.3 Å². The maximum Gasteiger partial charge on any atom is 0.0298 e. The highest BCUT2D eigenvalue weighted by Crippen LogP contribution is 2.37. The molecule has 1 aliphatic rings. The topological polar surface area (TPSA) is 12.0 Å². The Hall–Kier alpha value is 0.360. The Morgan fingerprint density at radius 2 is 2.16 bits per heavy atom. The fourth-order valence-corrected chi connectivity index (χ4v) is 5.97. The second-order valence-electron chi connectivity index (χ2n) is 5.15. The van der Waals surface area contributed by atoms with Gasteiger partial charge in [-0.25, -0.2) is 0 Å². The number of thioether (sulfide) groups is 2. The zero-order valence-corrected chi connectivity index (χ0v) is 14.9. The number of benzene rings is 1. The van der Waals surface area contributed by atoms with Crippen molar-refractivity contribution in [2.24, 2.45) is 0 Å². The van der Waals surface area contributed by atoms with Crippen LogP contribution in [0.4, 0.5) is 0 Å². The lowest BCUT2D eigenvalue weighted by Gasteiger charge is -2.36. The van der Waals surface area contributed by atoms with Crippen LogP contribution in [0, 0.1) is 0 Å². The predicted octanol–water partition coefficient (Wildman–Crippen LogP) is 4.21. The number of hydrogen-bond acceptors (Lipinski definition) is 3. The molecule has 4 heteroatoms. The van der Waals surface area contributed by atoms with E-state index in [1.54, 1.807) is 0 Å². The molecule has 1 heterocycles. The lowest BCUT2D eigenvalue weighted by Crippen LogP contribution is -2.43. The minimum Gasteiger partial charge on any atom is -0.316 e. The van der Waals surface area contributed by atoms with Crippen LogP contribution in [0.15, 0.2) is 28.7 Å². The van der Waals surface area contributed by atoms with Gasteiger partial charge in [0.05, 0.1) is 0 Å². The number of halogens is 1. The average Bonchev–Trinajstić information content (AvgIpc) is 2.39. The Morgan fingerprint density at radius 1 is 1.37 bits per heavy atom. The van der Waals surface area contributed by atoms with Gasteiger partial charge in [-0.2, -0.15) is 23.5 Å². The van der Waals surface area contributed by atoms with E-state index < -0.39 is 0 Å². The molecule has 1 saturated heterocycles. The summed E-state index contributed by atoms with van der Waals surface area (Å²) in [7, 11) is 2.09. The normalized spacial score (nSPS) is 29.2. The predicted molar refractivity (Wildman–Crippen MR) is 93.5 cm³/mol. The molecule has 0 spiro atoms. The molecule has 0 aromatic heterocycles. The highest BCUT2D eigenvalue weighted by atomic mass is 79.9. The molecule has 0 aliphatic carbocycles. The Labute approximate surface area is 133 Å². The summed E-state index contributed by atoms with van der Waals surface area (Å²) < 4.78 is 1.17. The molecular formula is C15H22BrNS2. The molecule has 1 aromatic rings. The van der Waals surface area contributed by atoms with Crippen molar-refractivity contribution >= 4 is 39.5 Å². The highest BCUT2D eigenvalue weighted by molar-refractivity contribution is 9.10. The maximum absolute atomic E-state index is 3.56. The van der Waals surface area contributed by atoms with Gasteiger partial charge < -0.3 is 5.32 Å². The third-order valence-electron chi connectivity index (χ3n) is 3.74. The Morgan fingerprint density at radius 3 is 2.79 bits per heavy atom. The van der Waals surface area contributed by atoms with Crippen LogP contribution in [0.1, 0.15) is 19.4 Å². The first-order chi connectivity index (χ1) is 9.10. The summed E-state index contributed by atoms with van der Waals surface area (Å²) in [5, 5.41) is 5.77.